The molecule has 1 aromatic rings. The van der Waals surface area contributed by atoms with E-state index in [1.807, 2.05) is 0 Å². The van der Waals surface area contributed by atoms with E-state index in [2.05, 4.69) is 4.52 Å². The normalized spacial score (nSPS) is 9.88. The summed E-state index contributed by atoms with van der Waals surface area (Å²) in [5.41, 5.74) is 0. The summed E-state index contributed by atoms with van der Waals surface area (Å²) in [6, 6.07) is 1.54. The first kappa shape index (κ1) is 18.9. The van der Waals surface area contributed by atoms with Gasteiger partial charge in [-0.1, -0.05) is 0 Å². The van der Waals surface area contributed by atoms with Crippen molar-refractivity contribution in [2.45, 2.75) is 0 Å². The molecule has 0 aromatic heterocycles. The Morgan fingerprint density at radius 2 is 1.44 bits per heavy atom. The average Bonchev–Trinajstić information content (AvgIpc) is 1.95. The van der Waals surface area contributed by atoms with E-state index in [1.54, 1.807) is 0 Å². The Bertz CT molecular complexity index is 390. The molecule has 0 aliphatic carbocycles. The third-order valence-corrected chi connectivity index (χ3v) is 1.67. The summed E-state index contributed by atoms with van der Waals surface area (Å²) < 4.78 is 14.4. The van der Waals surface area contributed by atoms with Crippen LogP contribution in [0.25, 0.3) is 0 Å². The molecule has 0 heterocycles. The summed E-state index contributed by atoms with van der Waals surface area (Å²) in [5.74, 6) is -2.79. The monoisotopic (exact) mass is 270 g/mol. The summed E-state index contributed by atoms with van der Waals surface area (Å²) in [4.78, 5) is 16.8. The van der Waals surface area contributed by atoms with Crippen molar-refractivity contribution >= 4 is 7.82 Å². The van der Waals surface area contributed by atoms with Gasteiger partial charge < -0.3 is 22.7 Å². The number of phosphoric ester groups is 1. The van der Waals surface area contributed by atoms with E-state index < -0.39 is 30.8 Å². The fourth-order valence-corrected chi connectivity index (χ4v) is 1.22. The van der Waals surface area contributed by atoms with E-state index >= 15 is 0 Å². The predicted octanol–water partition coefficient (Wildman–Crippen LogP) is -5.49. The van der Waals surface area contributed by atoms with E-state index in [-0.39, 0.29) is 62.0 Å². The van der Waals surface area contributed by atoms with Crippen molar-refractivity contribution in [3.8, 4) is 23.0 Å². The minimum atomic E-state index is -4.86. The van der Waals surface area contributed by atoms with Gasteiger partial charge in [-0.3, -0.25) is 9.79 Å². The van der Waals surface area contributed by atoms with Gasteiger partial charge in [0.2, 0.25) is 5.75 Å². The number of phenols is 3. The molecule has 0 saturated carbocycles. The molecule has 0 aliphatic rings. The molecular formula is C6H9Na2O7P. The van der Waals surface area contributed by atoms with Gasteiger partial charge >= 0.3 is 66.9 Å². The molecule has 0 spiro atoms. The Morgan fingerprint density at radius 1 is 1.06 bits per heavy atom. The van der Waals surface area contributed by atoms with Gasteiger partial charge in [0.05, 0.1) is 0 Å². The maximum Gasteiger partial charge on any atom is 1.00 e. The van der Waals surface area contributed by atoms with Crippen LogP contribution in [0.15, 0.2) is 12.1 Å². The molecule has 1 aromatic carbocycles. The van der Waals surface area contributed by atoms with Gasteiger partial charge in [-0.25, -0.2) is 4.57 Å². The van der Waals surface area contributed by atoms with E-state index in [0.29, 0.717) is 0 Å². The zero-order valence-corrected chi connectivity index (χ0v) is 13.5. The second-order valence-corrected chi connectivity index (χ2v) is 3.56. The maximum absolute atomic E-state index is 10.4. The Balaban J connectivity index is -0.000000245. The summed E-state index contributed by atoms with van der Waals surface area (Å²) in [5, 5.41) is 26.9. The van der Waals surface area contributed by atoms with Crippen molar-refractivity contribution < 1.29 is 96.2 Å². The fourth-order valence-electron chi connectivity index (χ4n) is 0.797. The van der Waals surface area contributed by atoms with Gasteiger partial charge in [0.25, 0.3) is 0 Å². The van der Waals surface area contributed by atoms with Crippen molar-refractivity contribution in [2.24, 2.45) is 0 Å². The van der Waals surface area contributed by atoms with E-state index in [9.17, 15) is 4.57 Å². The van der Waals surface area contributed by atoms with Crippen LogP contribution in [0, 0.1) is 0 Å². The number of benzene rings is 1. The van der Waals surface area contributed by atoms with Gasteiger partial charge in [0.1, 0.15) is 5.75 Å². The van der Waals surface area contributed by atoms with Crippen LogP contribution in [0.1, 0.15) is 2.85 Å². The van der Waals surface area contributed by atoms with Crippen LogP contribution in [0.2, 0.25) is 0 Å². The SMILES string of the molecule is O=P(O)(O)Oc1c(O)cc(O)cc1O.[H-].[H-].[Na+].[Na+]. The first-order chi connectivity index (χ1) is 6.29. The van der Waals surface area contributed by atoms with Crippen molar-refractivity contribution in [1.29, 1.82) is 0 Å². The standard InChI is InChI=1S/C6H7O7P.2Na.2H/c7-3-1-4(8)6(5(9)2-3)13-14(10,11)12;;;;/h1-2,7-9H,(H2,10,11,12);;;;/q;2*+1;2*-1. The van der Waals surface area contributed by atoms with Gasteiger partial charge in [-0.2, -0.15) is 0 Å². The summed E-state index contributed by atoms with van der Waals surface area (Å²) >= 11 is 0. The molecule has 0 amide bonds. The number of phenolic OH excluding ortho intramolecular Hbond substituents is 3. The Labute approximate surface area is 138 Å². The van der Waals surface area contributed by atoms with Crippen LogP contribution in [0.5, 0.6) is 23.0 Å². The molecule has 1 rings (SSSR count). The van der Waals surface area contributed by atoms with Crippen LogP contribution >= 0.6 is 7.82 Å². The molecular weight excluding hydrogens is 261 g/mol. The number of aromatic hydroxyl groups is 3. The van der Waals surface area contributed by atoms with Gasteiger partial charge in [-0.15, -0.1) is 0 Å². The molecule has 5 N–H and O–H groups in total. The summed E-state index contributed by atoms with van der Waals surface area (Å²) in [7, 11) is -4.86. The summed E-state index contributed by atoms with van der Waals surface area (Å²) in [6.07, 6.45) is 0. The van der Waals surface area contributed by atoms with Crippen LogP contribution in [-0.2, 0) is 4.57 Å². The predicted molar refractivity (Wildman–Crippen MR) is 46.3 cm³/mol. The van der Waals surface area contributed by atoms with Crippen molar-refractivity contribution in [1.82, 2.24) is 0 Å². The van der Waals surface area contributed by atoms with Crippen molar-refractivity contribution in [2.75, 3.05) is 0 Å². The zero-order valence-electron chi connectivity index (χ0n) is 10.7. The maximum atomic E-state index is 10.4. The first-order valence-corrected chi connectivity index (χ1v) is 4.83. The quantitative estimate of drug-likeness (QED) is 0.268. The Morgan fingerprint density at radius 3 is 1.75 bits per heavy atom. The smallest absolute Gasteiger partial charge is 1.00 e. The van der Waals surface area contributed by atoms with Gasteiger partial charge in [0, 0.05) is 12.1 Å². The molecule has 7 nitrogen and oxygen atoms in total. The van der Waals surface area contributed by atoms with E-state index in [1.165, 1.54) is 0 Å². The summed E-state index contributed by atoms with van der Waals surface area (Å²) in [6.45, 7) is 0. The number of rotatable bonds is 2. The van der Waals surface area contributed by atoms with E-state index in [4.69, 9.17) is 25.1 Å². The van der Waals surface area contributed by atoms with Crippen molar-refractivity contribution in [3.05, 3.63) is 12.1 Å². The van der Waals surface area contributed by atoms with E-state index in [0.717, 1.165) is 12.1 Å². The molecule has 0 bridgehead atoms. The van der Waals surface area contributed by atoms with Gasteiger partial charge in [-0.05, 0) is 0 Å². The minimum Gasteiger partial charge on any atom is -1.00 e. The largest absolute Gasteiger partial charge is 1.00 e. The van der Waals surface area contributed by atoms with Crippen LogP contribution < -0.4 is 63.6 Å². The topological polar surface area (TPSA) is 127 Å². The minimum absolute atomic E-state index is 0. The molecule has 0 fully saturated rings. The number of hydrogen-bond donors (Lipinski definition) is 5. The fraction of sp³-hybridized carbons (Fsp3) is 0. The number of hydrogen-bond acceptors (Lipinski definition) is 5. The molecule has 82 valence electrons. The number of phosphoric acid groups is 1. The molecule has 0 unspecified atom stereocenters. The average molecular weight is 270 g/mol. The molecule has 16 heavy (non-hydrogen) atoms. The van der Waals surface area contributed by atoms with Crippen LogP contribution in [0.3, 0.4) is 0 Å². The molecule has 10 heteroatoms. The van der Waals surface area contributed by atoms with Crippen LogP contribution in [0.4, 0.5) is 0 Å². The second kappa shape index (κ2) is 7.10. The Hall–Kier alpha value is 0.570. The molecule has 0 aliphatic heterocycles. The second-order valence-electron chi connectivity index (χ2n) is 2.40. The third kappa shape index (κ3) is 5.77. The van der Waals surface area contributed by atoms with Gasteiger partial charge in [0.15, 0.2) is 11.5 Å². The molecule has 0 atom stereocenters. The zero-order chi connectivity index (χ0) is 10.9. The molecule has 0 radical (unpaired) electrons. The third-order valence-electron chi connectivity index (χ3n) is 1.24. The van der Waals surface area contributed by atoms with Crippen LogP contribution in [-0.4, -0.2) is 25.1 Å². The van der Waals surface area contributed by atoms with Crippen molar-refractivity contribution in [3.63, 3.8) is 0 Å². The Kier molecular flexibility index (Phi) is 8.40. The molecule has 0 saturated heterocycles. The first-order valence-electron chi connectivity index (χ1n) is 3.29.